The van der Waals surface area contributed by atoms with E-state index in [2.05, 4.69) is 0 Å². The van der Waals surface area contributed by atoms with E-state index in [1.54, 1.807) is 12.1 Å². The number of Topliss-reactive ketones (excluding diaryl/α,β-unsaturated/α-hetero) is 1. The molecular formula is C14H9ClFNO4. The third-order valence-corrected chi connectivity index (χ3v) is 2.89. The molecule has 0 saturated carbocycles. The van der Waals surface area contributed by atoms with Crippen molar-refractivity contribution in [3.05, 3.63) is 69.0 Å². The molecule has 0 radical (unpaired) electrons. The zero-order chi connectivity index (χ0) is 15.4. The van der Waals surface area contributed by atoms with Crippen LogP contribution < -0.4 is 4.74 Å². The normalized spacial score (nSPS) is 10.2. The first kappa shape index (κ1) is 14.9. The van der Waals surface area contributed by atoms with Gasteiger partial charge in [-0.3, -0.25) is 14.9 Å². The Balaban J connectivity index is 2.11. The molecule has 0 aliphatic carbocycles. The topological polar surface area (TPSA) is 69.4 Å². The number of carbonyl (C=O) groups excluding carboxylic acids is 1. The van der Waals surface area contributed by atoms with Crippen LogP contribution in [0.1, 0.15) is 10.4 Å². The van der Waals surface area contributed by atoms with Crippen LogP contribution in [0.2, 0.25) is 5.02 Å². The van der Waals surface area contributed by atoms with Gasteiger partial charge in [-0.15, -0.1) is 0 Å². The van der Waals surface area contributed by atoms with E-state index in [4.69, 9.17) is 16.3 Å². The third-order valence-electron chi connectivity index (χ3n) is 2.64. The van der Waals surface area contributed by atoms with Crippen molar-refractivity contribution in [1.82, 2.24) is 0 Å². The van der Waals surface area contributed by atoms with Crippen LogP contribution in [0.25, 0.3) is 0 Å². The van der Waals surface area contributed by atoms with E-state index in [1.165, 1.54) is 12.1 Å². The van der Waals surface area contributed by atoms with Gasteiger partial charge in [-0.1, -0.05) is 11.6 Å². The fourth-order valence-corrected chi connectivity index (χ4v) is 1.74. The molecule has 21 heavy (non-hydrogen) atoms. The fraction of sp³-hybridized carbons (Fsp3) is 0.0714. The maximum absolute atomic E-state index is 13.0. The molecule has 0 bridgehead atoms. The molecule has 0 atom stereocenters. The molecule has 108 valence electrons. The van der Waals surface area contributed by atoms with Gasteiger partial charge < -0.3 is 4.74 Å². The Morgan fingerprint density at radius 3 is 2.52 bits per heavy atom. The lowest BCUT2D eigenvalue weighted by Gasteiger charge is -2.06. The Morgan fingerprint density at radius 2 is 1.90 bits per heavy atom. The van der Waals surface area contributed by atoms with Crippen LogP contribution >= 0.6 is 11.6 Å². The second-order valence-corrected chi connectivity index (χ2v) is 4.52. The second kappa shape index (κ2) is 6.32. The first-order valence-electron chi connectivity index (χ1n) is 5.83. The molecule has 0 fully saturated rings. The van der Waals surface area contributed by atoms with E-state index < -0.39 is 23.0 Å². The van der Waals surface area contributed by atoms with Crippen LogP contribution in [0.3, 0.4) is 0 Å². The molecule has 0 aromatic heterocycles. The molecule has 0 heterocycles. The molecule has 2 aromatic carbocycles. The van der Waals surface area contributed by atoms with Crippen molar-refractivity contribution < 1.29 is 18.8 Å². The van der Waals surface area contributed by atoms with E-state index in [0.717, 1.165) is 18.2 Å². The number of hydrogen-bond acceptors (Lipinski definition) is 4. The van der Waals surface area contributed by atoms with Gasteiger partial charge in [0, 0.05) is 10.6 Å². The number of rotatable bonds is 5. The van der Waals surface area contributed by atoms with Gasteiger partial charge >= 0.3 is 5.69 Å². The van der Waals surface area contributed by atoms with Crippen molar-refractivity contribution in [3.8, 4) is 5.75 Å². The van der Waals surface area contributed by atoms with E-state index in [1.807, 2.05) is 0 Å². The van der Waals surface area contributed by atoms with Gasteiger partial charge in [-0.25, -0.2) is 4.39 Å². The number of hydrogen-bond donors (Lipinski definition) is 0. The van der Waals surface area contributed by atoms with E-state index in [-0.39, 0.29) is 11.5 Å². The molecule has 5 nitrogen and oxygen atoms in total. The summed E-state index contributed by atoms with van der Waals surface area (Å²) >= 11 is 5.71. The monoisotopic (exact) mass is 309 g/mol. The van der Waals surface area contributed by atoms with Crippen molar-refractivity contribution in [2.75, 3.05) is 6.61 Å². The predicted octanol–water partition coefficient (Wildman–Crippen LogP) is 3.65. The van der Waals surface area contributed by atoms with Crippen LogP contribution in [0.4, 0.5) is 10.1 Å². The molecule has 0 aliphatic rings. The lowest BCUT2D eigenvalue weighted by molar-refractivity contribution is -0.386. The number of halogens is 2. The summed E-state index contributed by atoms with van der Waals surface area (Å²) in [6, 6.07) is 9.02. The van der Waals surface area contributed by atoms with Gasteiger partial charge in [-0.2, -0.15) is 0 Å². The van der Waals surface area contributed by atoms with Gasteiger partial charge in [0.2, 0.25) is 0 Å². The minimum absolute atomic E-state index is 0.163. The smallest absolute Gasteiger partial charge is 0.313 e. The molecule has 2 rings (SSSR count). The molecule has 0 N–H and O–H groups in total. The fourth-order valence-electron chi connectivity index (χ4n) is 1.62. The maximum Gasteiger partial charge on any atom is 0.313 e. The number of nitrogens with zero attached hydrogens (tertiary/aromatic N) is 1. The number of carbonyl (C=O) groups is 1. The highest BCUT2D eigenvalue weighted by molar-refractivity contribution is 6.30. The second-order valence-electron chi connectivity index (χ2n) is 4.09. The van der Waals surface area contributed by atoms with Crippen molar-refractivity contribution >= 4 is 23.1 Å². The SMILES string of the molecule is O=C(COc1ccc(F)cc1[N+](=O)[O-])c1ccc(Cl)cc1. The Morgan fingerprint density at radius 1 is 1.24 bits per heavy atom. The summed E-state index contributed by atoms with van der Waals surface area (Å²) in [5, 5.41) is 11.3. The highest BCUT2D eigenvalue weighted by Gasteiger charge is 2.17. The summed E-state index contributed by atoms with van der Waals surface area (Å²) in [6.07, 6.45) is 0. The standard InChI is InChI=1S/C14H9ClFNO4/c15-10-3-1-9(2-4-10)13(18)8-21-14-6-5-11(16)7-12(14)17(19)20/h1-7H,8H2. The molecule has 2 aromatic rings. The van der Waals surface area contributed by atoms with E-state index in [9.17, 15) is 19.3 Å². The lowest BCUT2D eigenvalue weighted by atomic mass is 10.1. The Bertz CT molecular complexity index is 688. The zero-order valence-electron chi connectivity index (χ0n) is 10.6. The lowest BCUT2D eigenvalue weighted by Crippen LogP contribution is -2.12. The van der Waals surface area contributed by atoms with Gasteiger partial charge in [0.15, 0.2) is 18.1 Å². The van der Waals surface area contributed by atoms with Crippen LogP contribution in [0.5, 0.6) is 5.75 Å². The van der Waals surface area contributed by atoms with Crippen LogP contribution in [0, 0.1) is 15.9 Å². The predicted molar refractivity (Wildman–Crippen MR) is 74.3 cm³/mol. The molecule has 0 unspecified atom stereocenters. The van der Waals surface area contributed by atoms with Gasteiger partial charge in [0.25, 0.3) is 0 Å². The number of nitro benzene ring substituents is 1. The summed E-state index contributed by atoms with van der Waals surface area (Å²) < 4.78 is 18.1. The highest BCUT2D eigenvalue weighted by Crippen LogP contribution is 2.27. The molecule has 0 aliphatic heterocycles. The molecular weight excluding hydrogens is 301 g/mol. The first-order valence-corrected chi connectivity index (χ1v) is 6.20. The van der Waals surface area contributed by atoms with Gasteiger partial charge in [0.1, 0.15) is 5.82 Å². The van der Waals surface area contributed by atoms with E-state index in [0.29, 0.717) is 10.6 Å². The highest BCUT2D eigenvalue weighted by atomic mass is 35.5. The van der Waals surface area contributed by atoms with E-state index >= 15 is 0 Å². The minimum Gasteiger partial charge on any atom is -0.478 e. The molecule has 0 saturated heterocycles. The summed E-state index contributed by atoms with van der Waals surface area (Å²) in [5.41, 5.74) is -0.164. The number of ether oxygens (including phenoxy) is 1. The summed E-state index contributed by atoms with van der Waals surface area (Å²) in [5.74, 6) is -1.29. The Kier molecular flexibility index (Phi) is 4.49. The zero-order valence-corrected chi connectivity index (χ0v) is 11.3. The quantitative estimate of drug-likeness (QED) is 0.480. The summed E-state index contributed by atoms with van der Waals surface area (Å²) in [4.78, 5) is 21.9. The summed E-state index contributed by atoms with van der Waals surface area (Å²) in [7, 11) is 0. The minimum atomic E-state index is -0.773. The van der Waals surface area contributed by atoms with Crippen molar-refractivity contribution in [1.29, 1.82) is 0 Å². The number of nitro groups is 1. The molecule has 0 amide bonds. The van der Waals surface area contributed by atoms with Crippen LogP contribution in [0.15, 0.2) is 42.5 Å². The van der Waals surface area contributed by atoms with Gasteiger partial charge in [-0.05, 0) is 36.4 Å². The van der Waals surface area contributed by atoms with Crippen LogP contribution in [-0.2, 0) is 0 Å². The average Bonchev–Trinajstić information content (AvgIpc) is 2.46. The maximum atomic E-state index is 13.0. The van der Waals surface area contributed by atoms with Crippen molar-refractivity contribution in [3.63, 3.8) is 0 Å². The number of ketones is 1. The Hall–Kier alpha value is -2.47. The molecule has 0 spiro atoms. The summed E-state index contributed by atoms with van der Waals surface area (Å²) in [6.45, 7) is -0.395. The van der Waals surface area contributed by atoms with Gasteiger partial charge in [0.05, 0.1) is 11.0 Å². The molecule has 7 heteroatoms. The third kappa shape index (κ3) is 3.76. The van der Waals surface area contributed by atoms with Crippen molar-refractivity contribution in [2.24, 2.45) is 0 Å². The largest absolute Gasteiger partial charge is 0.478 e. The van der Waals surface area contributed by atoms with Crippen LogP contribution in [-0.4, -0.2) is 17.3 Å². The van der Waals surface area contributed by atoms with Crippen molar-refractivity contribution in [2.45, 2.75) is 0 Å². The Labute approximate surface area is 124 Å². The number of benzene rings is 2. The first-order chi connectivity index (χ1) is 9.97. The average molecular weight is 310 g/mol.